The lowest BCUT2D eigenvalue weighted by molar-refractivity contribution is 0.0916. The minimum absolute atomic E-state index is 0.134. The van der Waals surface area contributed by atoms with E-state index in [1.54, 1.807) is 18.2 Å². The molecule has 0 saturated heterocycles. The zero-order valence-electron chi connectivity index (χ0n) is 13.7. The summed E-state index contributed by atoms with van der Waals surface area (Å²) in [5, 5.41) is 13.0. The summed E-state index contributed by atoms with van der Waals surface area (Å²) in [6.45, 7) is 0.302. The largest absolute Gasteiger partial charge is 0.454 e. The van der Waals surface area contributed by atoms with Crippen LogP contribution in [0.25, 0.3) is 0 Å². The molecule has 24 heavy (non-hydrogen) atoms. The molecule has 2 aromatic carbocycles. The molecule has 6 heteroatoms. The smallest absolute Gasteiger partial charge is 0.251 e. The summed E-state index contributed by atoms with van der Waals surface area (Å²) in [4.78, 5) is 14.2. The van der Waals surface area contributed by atoms with Gasteiger partial charge in [0.1, 0.15) is 0 Å². The fourth-order valence-corrected chi connectivity index (χ4v) is 2.44. The highest BCUT2D eigenvalue weighted by molar-refractivity contribution is 5.94. The van der Waals surface area contributed by atoms with E-state index in [-0.39, 0.29) is 19.2 Å². The van der Waals surface area contributed by atoms with E-state index in [4.69, 9.17) is 9.47 Å². The van der Waals surface area contributed by atoms with Gasteiger partial charge in [0.15, 0.2) is 11.5 Å². The monoisotopic (exact) mass is 328 g/mol. The minimum Gasteiger partial charge on any atom is -0.454 e. The van der Waals surface area contributed by atoms with Gasteiger partial charge in [-0.3, -0.25) is 4.79 Å². The van der Waals surface area contributed by atoms with Crippen molar-refractivity contribution < 1.29 is 19.4 Å². The highest BCUT2D eigenvalue weighted by Gasteiger charge is 2.17. The predicted octanol–water partition coefficient (Wildman–Crippen LogP) is 1.94. The standard InChI is InChI=1S/C18H20N2O4/c1-20(2)14-6-3-12(4-7-14)15(21)10-19-18(22)13-5-8-16-17(9-13)24-11-23-16/h3-9,15,21H,10-11H2,1-2H3,(H,19,22). The number of hydrogen-bond donors (Lipinski definition) is 2. The van der Waals surface area contributed by atoms with Crippen LogP contribution >= 0.6 is 0 Å². The third kappa shape index (κ3) is 3.44. The second kappa shape index (κ2) is 6.80. The Hall–Kier alpha value is -2.73. The van der Waals surface area contributed by atoms with Gasteiger partial charge in [0.2, 0.25) is 6.79 Å². The number of fused-ring (bicyclic) bond motifs is 1. The topological polar surface area (TPSA) is 71.0 Å². The van der Waals surface area contributed by atoms with Crippen molar-refractivity contribution in [2.24, 2.45) is 0 Å². The predicted molar refractivity (Wildman–Crippen MR) is 90.6 cm³/mol. The first-order chi connectivity index (χ1) is 11.5. The van der Waals surface area contributed by atoms with Gasteiger partial charge in [0, 0.05) is 31.9 Å². The Morgan fingerprint density at radius 1 is 1.17 bits per heavy atom. The number of amides is 1. The normalized spacial score (nSPS) is 13.5. The van der Waals surface area contributed by atoms with E-state index in [1.807, 2.05) is 43.3 Å². The van der Waals surface area contributed by atoms with Gasteiger partial charge in [0.05, 0.1) is 6.10 Å². The summed E-state index contributed by atoms with van der Waals surface area (Å²) < 4.78 is 10.5. The second-order valence-electron chi connectivity index (χ2n) is 5.78. The van der Waals surface area contributed by atoms with E-state index in [0.29, 0.717) is 17.1 Å². The van der Waals surface area contributed by atoms with Gasteiger partial charge in [-0.05, 0) is 35.9 Å². The fraction of sp³-hybridized carbons (Fsp3) is 0.278. The molecule has 2 aromatic rings. The third-order valence-corrected chi connectivity index (χ3v) is 3.88. The summed E-state index contributed by atoms with van der Waals surface area (Å²) in [6, 6.07) is 12.6. The molecule has 0 aromatic heterocycles. The first kappa shape index (κ1) is 16.1. The number of aliphatic hydroxyl groups is 1. The van der Waals surface area contributed by atoms with Crippen molar-refractivity contribution in [1.82, 2.24) is 5.32 Å². The summed E-state index contributed by atoms with van der Waals surface area (Å²) >= 11 is 0. The average molecular weight is 328 g/mol. The Morgan fingerprint density at radius 2 is 1.88 bits per heavy atom. The van der Waals surface area contributed by atoms with Crippen molar-refractivity contribution in [3.05, 3.63) is 53.6 Å². The summed E-state index contributed by atoms with van der Waals surface area (Å²) in [5.41, 5.74) is 2.27. The quantitative estimate of drug-likeness (QED) is 0.878. The minimum atomic E-state index is -0.765. The van der Waals surface area contributed by atoms with E-state index in [0.717, 1.165) is 11.3 Å². The van der Waals surface area contributed by atoms with Gasteiger partial charge in [-0.25, -0.2) is 0 Å². The van der Waals surface area contributed by atoms with Gasteiger partial charge < -0.3 is 24.8 Å². The summed E-state index contributed by atoms with van der Waals surface area (Å²) in [5.74, 6) is 0.923. The van der Waals surface area contributed by atoms with Crippen molar-refractivity contribution in [3.63, 3.8) is 0 Å². The lowest BCUT2D eigenvalue weighted by Crippen LogP contribution is -2.28. The lowest BCUT2D eigenvalue weighted by atomic mass is 10.1. The van der Waals surface area contributed by atoms with Gasteiger partial charge in [-0.15, -0.1) is 0 Å². The maximum atomic E-state index is 12.2. The molecule has 0 aliphatic carbocycles. The number of carbonyl (C=O) groups excluding carboxylic acids is 1. The molecule has 1 atom stereocenters. The molecule has 0 fully saturated rings. The molecule has 2 N–H and O–H groups in total. The number of ether oxygens (including phenoxy) is 2. The number of hydrogen-bond acceptors (Lipinski definition) is 5. The van der Waals surface area contributed by atoms with Crippen LogP contribution in [-0.2, 0) is 0 Å². The molecule has 6 nitrogen and oxygen atoms in total. The molecule has 0 radical (unpaired) electrons. The van der Waals surface area contributed by atoms with Crippen molar-refractivity contribution in [2.45, 2.75) is 6.10 Å². The Morgan fingerprint density at radius 3 is 2.58 bits per heavy atom. The fourth-order valence-electron chi connectivity index (χ4n) is 2.44. The zero-order valence-corrected chi connectivity index (χ0v) is 13.7. The molecule has 1 heterocycles. The molecular formula is C18H20N2O4. The number of benzene rings is 2. The average Bonchev–Trinajstić information content (AvgIpc) is 3.07. The van der Waals surface area contributed by atoms with E-state index in [9.17, 15) is 9.90 Å². The van der Waals surface area contributed by atoms with Crippen LogP contribution in [0.4, 0.5) is 5.69 Å². The van der Waals surface area contributed by atoms with Crippen LogP contribution < -0.4 is 19.7 Å². The van der Waals surface area contributed by atoms with Gasteiger partial charge in [-0.2, -0.15) is 0 Å². The van der Waals surface area contributed by atoms with Gasteiger partial charge in [-0.1, -0.05) is 12.1 Å². The number of carbonyl (C=O) groups is 1. The van der Waals surface area contributed by atoms with E-state index in [1.165, 1.54) is 0 Å². The van der Waals surface area contributed by atoms with Crippen LogP contribution in [-0.4, -0.2) is 38.4 Å². The summed E-state index contributed by atoms with van der Waals surface area (Å²) in [6.07, 6.45) is -0.765. The van der Waals surface area contributed by atoms with Gasteiger partial charge in [0.25, 0.3) is 5.91 Å². The van der Waals surface area contributed by atoms with Crippen molar-refractivity contribution in [2.75, 3.05) is 32.3 Å². The SMILES string of the molecule is CN(C)c1ccc(C(O)CNC(=O)c2ccc3c(c2)OCO3)cc1. The molecule has 1 amide bonds. The Kier molecular flexibility index (Phi) is 4.57. The third-order valence-electron chi connectivity index (χ3n) is 3.88. The molecular weight excluding hydrogens is 308 g/mol. The molecule has 1 unspecified atom stereocenters. The second-order valence-corrected chi connectivity index (χ2v) is 5.78. The Labute approximate surface area is 140 Å². The Bertz CT molecular complexity index is 728. The van der Waals surface area contributed by atoms with E-state index < -0.39 is 6.10 Å². The number of nitrogens with one attached hydrogen (secondary N) is 1. The van der Waals surface area contributed by atoms with Crippen LogP contribution in [0, 0.1) is 0 Å². The first-order valence-electron chi connectivity index (χ1n) is 7.68. The Balaban J connectivity index is 1.59. The molecule has 126 valence electrons. The molecule has 0 spiro atoms. The van der Waals surface area contributed by atoms with Crippen LogP contribution in [0.1, 0.15) is 22.0 Å². The van der Waals surface area contributed by atoms with Crippen LogP contribution in [0.3, 0.4) is 0 Å². The van der Waals surface area contributed by atoms with Crippen LogP contribution in [0.2, 0.25) is 0 Å². The molecule has 0 saturated carbocycles. The van der Waals surface area contributed by atoms with E-state index >= 15 is 0 Å². The highest BCUT2D eigenvalue weighted by atomic mass is 16.7. The molecule has 0 bridgehead atoms. The van der Waals surface area contributed by atoms with Crippen LogP contribution in [0.15, 0.2) is 42.5 Å². The molecule has 3 rings (SSSR count). The lowest BCUT2D eigenvalue weighted by Gasteiger charge is -2.16. The zero-order chi connectivity index (χ0) is 17.1. The van der Waals surface area contributed by atoms with E-state index in [2.05, 4.69) is 5.32 Å². The highest BCUT2D eigenvalue weighted by Crippen LogP contribution is 2.32. The van der Waals surface area contributed by atoms with Crippen LogP contribution in [0.5, 0.6) is 11.5 Å². The molecule has 1 aliphatic heterocycles. The van der Waals surface area contributed by atoms with Crippen molar-refractivity contribution >= 4 is 11.6 Å². The number of nitrogens with zero attached hydrogens (tertiary/aromatic N) is 1. The number of aliphatic hydroxyl groups excluding tert-OH is 1. The number of rotatable bonds is 5. The maximum absolute atomic E-state index is 12.2. The summed E-state index contributed by atoms with van der Waals surface area (Å²) in [7, 11) is 3.91. The first-order valence-corrected chi connectivity index (χ1v) is 7.68. The number of anilines is 1. The van der Waals surface area contributed by atoms with Gasteiger partial charge >= 0.3 is 0 Å². The molecule has 1 aliphatic rings. The van der Waals surface area contributed by atoms with Crippen molar-refractivity contribution in [3.8, 4) is 11.5 Å². The van der Waals surface area contributed by atoms with Crippen molar-refractivity contribution in [1.29, 1.82) is 0 Å². The maximum Gasteiger partial charge on any atom is 0.251 e.